The lowest BCUT2D eigenvalue weighted by Crippen LogP contribution is -2.52. The van der Waals surface area contributed by atoms with Crippen LogP contribution in [0.25, 0.3) is 0 Å². The number of hydrogen-bond acceptors (Lipinski definition) is 1. The van der Waals surface area contributed by atoms with Gasteiger partial charge in [0.2, 0.25) is 0 Å². The largest absolute Gasteiger partial charge is 0.393 e. The molecule has 1 nitrogen and oxygen atoms in total. The molecule has 0 aromatic heterocycles. The molecule has 0 radical (unpaired) electrons. The maximum Gasteiger partial charge on any atom is 0.0594 e. The summed E-state index contributed by atoms with van der Waals surface area (Å²) in [6.07, 6.45) is 17.0. The zero-order valence-corrected chi connectivity index (χ0v) is 21.9. The summed E-state index contributed by atoms with van der Waals surface area (Å²) in [6, 6.07) is 0. The van der Waals surface area contributed by atoms with Crippen molar-refractivity contribution in [3.05, 3.63) is 34.4 Å². The molecule has 0 heterocycles. The van der Waals surface area contributed by atoms with Gasteiger partial charge in [-0.2, -0.15) is 0 Å². The molecule has 0 saturated heterocycles. The van der Waals surface area contributed by atoms with Gasteiger partial charge >= 0.3 is 0 Å². The maximum absolute atomic E-state index is 10.7. The summed E-state index contributed by atoms with van der Waals surface area (Å²) in [7, 11) is 0. The lowest BCUT2D eigenvalue weighted by Gasteiger charge is -2.57. The number of rotatable bonds is 7. The van der Waals surface area contributed by atoms with Gasteiger partial charge in [0.1, 0.15) is 0 Å². The molecule has 0 aromatic carbocycles. The maximum atomic E-state index is 10.7. The molecule has 5 atom stereocenters. The predicted octanol–water partition coefficient (Wildman–Crippen LogP) is 8.79. The summed E-state index contributed by atoms with van der Waals surface area (Å²) in [6.45, 7) is 19.0. The zero-order chi connectivity index (χ0) is 23.0. The Morgan fingerprint density at radius 3 is 2.35 bits per heavy atom. The molecule has 0 bridgehead atoms. The summed E-state index contributed by atoms with van der Waals surface area (Å²) in [5.41, 5.74) is 7.37. The van der Waals surface area contributed by atoms with Crippen LogP contribution in [0.1, 0.15) is 120 Å². The van der Waals surface area contributed by atoms with Crippen LogP contribution >= 0.6 is 0 Å². The van der Waals surface area contributed by atoms with Crippen LogP contribution in [0.3, 0.4) is 0 Å². The van der Waals surface area contributed by atoms with Crippen LogP contribution in [-0.2, 0) is 0 Å². The van der Waals surface area contributed by atoms with Crippen molar-refractivity contribution in [2.45, 2.75) is 126 Å². The highest BCUT2D eigenvalue weighted by Gasteiger charge is 2.57. The predicted molar refractivity (Wildman–Crippen MR) is 135 cm³/mol. The molecular formula is C30H50O. The first-order valence-corrected chi connectivity index (χ1v) is 13.1. The van der Waals surface area contributed by atoms with E-state index in [0.29, 0.717) is 16.7 Å². The minimum Gasteiger partial charge on any atom is -0.393 e. The molecule has 5 unspecified atom stereocenters. The fourth-order valence-electron chi connectivity index (χ4n) is 7.61. The van der Waals surface area contributed by atoms with Crippen LogP contribution < -0.4 is 0 Å². The Labute approximate surface area is 193 Å². The third kappa shape index (κ3) is 4.64. The molecular weight excluding hydrogens is 376 g/mol. The van der Waals surface area contributed by atoms with Gasteiger partial charge in [-0.05, 0) is 113 Å². The van der Waals surface area contributed by atoms with E-state index in [2.05, 4.69) is 67.5 Å². The molecule has 31 heavy (non-hydrogen) atoms. The van der Waals surface area contributed by atoms with Crippen molar-refractivity contribution in [1.82, 2.24) is 0 Å². The second-order valence-electron chi connectivity index (χ2n) is 12.6. The van der Waals surface area contributed by atoms with Gasteiger partial charge in [0, 0.05) is 0 Å². The summed E-state index contributed by atoms with van der Waals surface area (Å²) < 4.78 is 0. The molecule has 0 spiro atoms. The molecule has 0 aliphatic heterocycles. The van der Waals surface area contributed by atoms with Gasteiger partial charge in [0.25, 0.3) is 0 Å². The van der Waals surface area contributed by atoms with Crippen LogP contribution in [0.5, 0.6) is 0 Å². The first kappa shape index (κ1) is 24.8. The normalized spacial score (nSPS) is 36.1. The minimum atomic E-state index is -0.133. The first-order valence-electron chi connectivity index (χ1n) is 13.1. The third-order valence-corrected chi connectivity index (χ3v) is 10.1. The molecule has 1 fully saturated rings. The van der Waals surface area contributed by atoms with E-state index in [1.54, 1.807) is 5.57 Å². The van der Waals surface area contributed by atoms with Crippen LogP contribution in [-0.4, -0.2) is 11.2 Å². The smallest absolute Gasteiger partial charge is 0.0594 e. The Morgan fingerprint density at radius 1 is 0.968 bits per heavy atom. The van der Waals surface area contributed by atoms with E-state index < -0.39 is 0 Å². The van der Waals surface area contributed by atoms with E-state index in [4.69, 9.17) is 0 Å². The van der Waals surface area contributed by atoms with Crippen molar-refractivity contribution in [2.75, 3.05) is 0 Å². The monoisotopic (exact) mass is 426 g/mol. The Balaban J connectivity index is 1.70. The highest BCUT2D eigenvalue weighted by Crippen LogP contribution is 2.66. The van der Waals surface area contributed by atoms with E-state index in [0.717, 1.165) is 12.3 Å². The lowest BCUT2D eigenvalue weighted by molar-refractivity contribution is -0.0890. The van der Waals surface area contributed by atoms with Crippen molar-refractivity contribution in [1.29, 1.82) is 0 Å². The van der Waals surface area contributed by atoms with Crippen molar-refractivity contribution in [3.63, 3.8) is 0 Å². The number of hydrogen-bond donors (Lipinski definition) is 1. The van der Waals surface area contributed by atoms with E-state index in [1.165, 1.54) is 63.4 Å². The van der Waals surface area contributed by atoms with Crippen LogP contribution in [0.2, 0.25) is 0 Å². The highest BCUT2D eigenvalue weighted by molar-refractivity contribution is 5.37. The van der Waals surface area contributed by atoms with Crippen molar-refractivity contribution < 1.29 is 5.11 Å². The molecule has 0 aromatic rings. The summed E-state index contributed by atoms with van der Waals surface area (Å²) in [4.78, 5) is 0. The summed E-state index contributed by atoms with van der Waals surface area (Å²) in [5, 5.41) is 10.7. The Hall–Kier alpha value is -0.820. The molecule has 3 aliphatic rings. The fraction of sp³-hybridized carbons (Fsp3) is 0.800. The van der Waals surface area contributed by atoms with Crippen molar-refractivity contribution in [2.24, 2.45) is 28.1 Å². The van der Waals surface area contributed by atoms with Gasteiger partial charge in [-0.1, -0.05) is 69.1 Å². The Morgan fingerprint density at radius 2 is 1.68 bits per heavy atom. The lowest BCUT2D eigenvalue weighted by atomic mass is 9.49. The third-order valence-electron chi connectivity index (χ3n) is 10.1. The first-order chi connectivity index (χ1) is 14.4. The van der Waals surface area contributed by atoms with Gasteiger partial charge < -0.3 is 5.11 Å². The second-order valence-corrected chi connectivity index (χ2v) is 12.6. The topological polar surface area (TPSA) is 20.2 Å². The molecule has 1 heteroatoms. The van der Waals surface area contributed by atoms with Gasteiger partial charge in [0.05, 0.1) is 6.10 Å². The van der Waals surface area contributed by atoms with Crippen LogP contribution in [0.15, 0.2) is 34.4 Å². The van der Waals surface area contributed by atoms with E-state index in [9.17, 15) is 5.11 Å². The molecule has 176 valence electrons. The molecule has 1 saturated carbocycles. The Bertz CT molecular complexity index is 746. The van der Waals surface area contributed by atoms with E-state index in [1.807, 2.05) is 11.1 Å². The molecule has 1 N–H and O–H groups in total. The number of allylic oxidation sites excluding steroid dienone is 6. The zero-order valence-electron chi connectivity index (χ0n) is 21.9. The number of aliphatic hydroxyl groups excluding tert-OH is 1. The SMILES string of the molecule is CC(C)=CCC/C(C)=C/CCC(C)C1(C)CCC2=C1CCC1C2(C)CCC(O)C1(C)C. The van der Waals surface area contributed by atoms with Crippen LogP contribution in [0.4, 0.5) is 0 Å². The fourth-order valence-corrected chi connectivity index (χ4v) is 7.61. The number of fused-ring (bicyclic) bond motifs is 2. The highest BCUT2D eigenvalue weighted by atomic mass is 16.3. The second kappa shape index (κ2) is 9.20. The van der Waals surface area contributed by atoms with Crippen molar-refractivity contribution in [3.8, 4) is 0 Å². The average molecular weight is 427 g/mol. The van der Waals surface area contributed by atoms with E-state index in [-0.39, 0.29) is 11.5 Å². The van der Waals surface area contributed by atoms with E-state index >= 15 is 0 Å². The average Bonchev–Trinajstić information content (AvgIpc) is 3.04. The molecule has 0 amide bonds. The molecule has 3 aliphatic carbocycles. The van der Waals surface area contributed by atoms with Gasteiger partial charge in [-0.3, -0.25) is 0 Å². The Kier molecular flexibility index (Phi) is 7.37. The van der Waals surface area contributed by atoms with Gasteiger partial charge in [-0.25, -0.2) is 0 Å². The van der Waals surface area contributed by atoms with Crippen LogP contribution in [0, 0.1) is 28.1 Å². The summed E-state index contributed by atoms with van der Waals surface area (Å²) >= 11 is 0. The quantitative estimate of drug-likeness (QED) is 0.403. The van der Waals surface area contributed by atoms with Gasteiger partial charge in [-0.15, -0.1) is 0 Å². The minimum absolute atomic E-state index is 0.0456. The summed E-state index contributed by atoms with van der Waals surface area (Å²) in [5.74, 6) is 1.37. The standard InChI is InChI=1S/C30H50O/c1-21(2)11-9-12-22(3)13-10-14-23(4)29(7)19-17-25-24(29)15-16-26-28(5,6)27(31)18-20-30(25,26)8/h11,13,23,26-27,31H,9-10,12,14-20H2,1-8H3/b22-13+. The van der Waals surface area contributed by atoms with Gasteiger partial charge in [0.15, 0.2) is 0 Å². The number of aliphatic hydroxyl groups is 1. The molecule has 3 rings (SSSR count). The van der Waals surface area contributed by atoms with Crippen molar-refractivity contribution >= 4 is 0 Å².